The Labute approximate surface area is 184 Å². The molecule has 0 aliphatic rings. The van der Waals surface area contributed by atoms with Gasteiger partial charge in [0.05, 0.1) is 0 Å². The number of halogens is 3. The topological polar surface area (TPSA) is 92.3 Å². The molecule has 0 fully saturated rings. The molecular formula is C19H23F3N2O4S3. The van der Waals surface area contributed by atoms with Gasteiger partial charge in [0.1, 0.15) is 16.5 Å². The lowest BCUT2D eigenvalue weighted by atomic mass is 10.2. The molecule has 31 heavy (non-hydrogen) atoms. The van der Waals surface area contributed by atoms with Crippen molar-refractivity contribution in [3.8, 4) is 0 Å². The normalized spacial score (nSPS) is 13.5. The van der Waals surface area contributed by atoms with Gasteiger partial charge in [0.15, 0.2) is 10.7 Å². The molecule has 172 valence electrons. The molecule has 0 bridgehead atoms. The molecule has 0 aliphatic carbocycles. The molecule has 2 aromatic rings. The van der Waals surface area contributed by atoms with Crippen molar-refractivity contribution < 1.29 is 30.0 Å². The van der Waals surface area contributed by atoms with E-state index in [-0.39, 0.29) is 23.9 Å². The summed E-state index contributed by atoms with van der Waals surface area (Å²) in [6.07, 6.45) is 0. The summed E-state index contributed by atoms with van der Waals surface area (Å²) in [6.45, 7) is 4.85. The van der Waals surface area contributed by atoms with Crippen molar-refractivity contribution in [3.05, 3.63) is 53.8 Å². The predicted molar refractivity (Wildman–Crippen MR) is 113 cm³/mol. The summed E-state index contributed by atoms with van der Waals surface area (Å²) >= 11 is 0.819. The Morgan fingerprint density at radius 3 is 2.06 bits per heavy atom. The fraction of sp³-hybridized carbons (Fsp3) is 0.368. The van der Waals surface area contributed by atoms with Crippen LogP contribution in [0.4, 0.5) is 13.2 Å². The minimum Gasteiger partial charge on any atom is -0.211 e. The van der Waals surface area contributed by atoms with Gasteiger partial charge in [-0.25, -0.2) is 39.5 Å². The molecular weight excluding hydrogens is 473 g/mol. The molecule has 0 aromatic heterocycles. The van der Waals surface area contributed by atoms with E-state index in [9.17, 15) is 30.0 Å². The Morgan fingerprint density at radius 1 is 0.839 bits per heavy atom. The average molecular weight is 497 g/mol. The molecule has 0 saturated carbocycles. The third-order valence-corrected chi connectivity index (χ3v) is 8.03. The largest absolute Gasteiger partial charge is 0.246 e. The van der Waals surface area contributed by atoms with E-state index >= 15 is 0 Å². The molecule has 0 radical (unpaired) electrons. The van der Waals surface area contributed by atoms with Gasteiger partial charge >= 0.3 is 0 Å². The Hall–Kier alpha value is -1.60. The fourth-order valence-corrected chi connectivity index (χ4v) is 6.12. The summed E-state index contributed by atoms with van der Waals surface area (Å²) in [5.41, 5.74) is 0. The van der Waals surface area contributed by atoms with E-state index in [1.807, 2.05) is 0 Å². The van der Waals surface area contributed by atoms with E-state index in [0.717, 1.165) is 36.0 Å². The second kappa shape index (κ2) is 10.3. The number of benzene rings is 2. The van der Waals surface area contributed by atoms with Gasteiger partial charge in [-0.05, 0) is 30.2 Å². The van der Waals surface area contributed by atoms with Gasteiger partial charge in [-0.1, -0.05) is 32.9 Å². The maximum Gasteiger partial charge on any atom is 0.246 e. The SMILES string of the molecule is CC(C)CNS(=O)(=O)c1c(F)ccc(SC(C)CNS(=O)(=O)c2ccccc2F)c1F. The summed E-state index contributed by atoms with van der Waals surface area (Å²) < 4.78 is 96.3. The molecule has 2 N–H and O–H groups in total. The third kappa shape index (κ3) is 6.69. The van der Waals surface area contributed by atoms with Crippen LogP contribution in [0.15, 0.2) is 51.1 Å². The molecule has 0 amide bonds. The molecule has 0 spiro atoms. The summed E-state index contributed by atoms with van der Waals surface area (Å²) in [5, 5.41) is -0.583. The van der Waals surface area contributed by atoms with Gasteiger partial charge in [0, 0.05) is 23.2 Å². The highest BCUT2D eigenvalue weighted by molar-refractivity contribution is 8.00. The van der Waals surface area contributed by atoms with E-state index in [1.54, 1.807) is 20.8 Å². The summed E-state index contributed by atoms with van der Waals surface area (Å²) in [5.74, 6) is -3.47. The Balaban J connectivity index is 2.17. The van der Waals surface area contributed by atoms with Crippen LogP contribution in [0.1, 0.15) is 20.8 Å². The van der Waals surface area contributed by atoms with Gasteiger partial charge < -0.3 is 0 Å². The van der Waals surface area contributed by atoms with E-state index in [0.29, 0.717) is 0 Å². The van der Waals surface area contributed by atoms with Crippen molar-refractivity contribution >= 4 is 31.8 Å². The zero-order valence-electron chi connectivity index (χ0n) is 17.0. The van der Waals surface area contributed by atoms with Crippen LogP contribution in [0.5, 0.6) is 0 Å². The summed E-state index contributed by atoms with van der Waals surface area (Å²) in [7, 11) is -8.56. The van der Waals surface area contributed by atoms with Gasteiger partial charge in [-0.15, -0.1) is 11.8 Å². The van der Waals surface area contributed by atoms with E-state index in [1.165, 1.54) is 12.1 Å². The molecule has 2 rings (SSSR count). The smallest absolute Gasteiger partial charge is 0.211 e. The van der Waals surface area contributed by atoms with Crippen molar-refractivity contribution in [2.24, 2.45) is 5.92 Å². The van der Waals surface area contributed by atoms with Gasteiger partial charge in [0.25, 0.3) is 0 Å². The average Bonchev–Trinajstić information content (AvgIpc) is 2.67. The van der Waals surface area contributed by atoms with Gasteiger partial charge in [-0.3, -0.25) is 0 Å². The van der Waals surface area contributed by atoms with E-state index in [2.05, 4.69) is 9.44 Å². The first-order valence-corrected chi connectivity index (χ1v) is 13.1. The monoisotopic (exact) mass is 496 g/mol. The first kappa shape index (κ1) is 25.7. The first-order valence-electron chi connectivity index (χ1n) is 9.23. The van der Waals surface area contributed by atoms with Crippen LogP contribution < -0.4 is 9.44 Å². The van der Waals surface area contributed by atoms with E-state index in [4.69, 9.17) is 0 Å². The maximum atomic E-state index is 14.8. The second-order valence-corrected chi connectivity index (χ2v) is 12.1. The van der Waals surface area contributed by atoms with Crippen molar-refractivity contribution in [2.45, 2.75) is 40.7 Å². The van der Waals surface area contributed by atoms with Gasteiger partial charge in [-0.2, -0.15) is 0 Å². The third-order valence-electron chi connectivity index (χ3n) is 3.98. The van der Waals surface area contributed by atoms with Gasteiger partial charge in [0.2, 0.25) is 20.0 Å². The van der Waals surface area contributed by atoms with Crippen LogP contribution in [0.3, 0.4) is 0 Å². The number of nitrogens with one attached hydrogen (secondary N) is 2. The highest BCUT2D eigenvalue weighted by atomic mass is 32.2. The quantitative estimate of drug-likeness (QED) is 0.492. The lowest BCUT2D eigenvalue weighted by Crippen LogP contribution is -2.30. The molecule has 1 atom stereocenters. The Kier molecular flexibility index (Phi) is 8.56. The number of hydrogen-bond acceptors (Lipinski definition) is 5. The number of sulfonamides is 2. The van der Waals surface area contributed by atoms with Crippen LogP contribution in [-0.4, -0.2) is 35.2 Å². The molecule has 0 heterocycles. The van der Waals surface area contributed by atoms with Crippen LogP contribution >= 0.6 is 11.8 Å². The molecule has 0 aliphatic heterocycles. The van der Waals surface area contributed by atoms with Crippen LogP contribution in [0.2, 0.25) is 0 Å². The lowest BCUT2D eigenvalue weighted by Gasteiger charge is -2.16. The minimum atomic E-state index is -4.42. The molecule has 0 saturated heterocycles. The standard InChI is InChI=1S/C19H23F3N2O4S3/c1-12(2)10-23-31(27,28)19-15(21)8-9-16(18(19)22)29-13(3)11-24-30(25,26)17-7-5-4-6-14(17)20/h4-9,12-13,23-24H,10-11H2,1-3H3. The number of rotatable bonds is 10. The fourth-order valence-electron chi connectivity index (χ4n) is 2.43. The predicted octanol–water partition coefficient (Wildman–Crippen LogP) is 3.50. The molecule has 6 nitrogen and oxygen atoms in total. The Bertz CT molecular complexity index is 1140. The highest BCUT2D eigenvalue weighted by Crippen LogP contribution is 2.31. The summed E-state index contributed by atoms with van der Waals surface area (Å²) in [6, 6.07) is 6.77. The minimum absolute atomic E-state index is 0.00676. The van der Waals surface area contributed by atoms with Crippen molar-refractivity contribution in [1.29, 1.82) is 0 Å². The van der Waals surface area contributed by atoms with Crippen molar-refractivity contribution in [1.82, 2.24) is 9.44 Å². The Morgan fingerprint density at radius 2 is 1.45 bits per heavy atom. The lowest BCUT2D eigenvalue weighted by molar-refractivity contribution is 0.496. The first-order chi connectivity index (χ1) is 14.3. The number of thioether (sulfide) groups is 1. The van der Waals surface area contributed by atoms with Crippen LogP contribution in [-0.2, 0) is 20.0 Å². The van der Waals surface area contributed by atoms with Crippen molar-refractivity contribution in [2.75, 3.05) is 13.1 Å². The maximum absolute atomic E-state index is 14.8. The van der Waals surface area contributed by atoms with Crippen molar-refractivity contribution in [3.63, 3.8) is 0 Å². The molecule has 12 heteroatoms. The zero-order valence-corrected chi connectivity index (χ0v) is 19.5. The van der Waals surface area contributed by atoms with Crippen LogP contribution in [0.25, 0.3) is 0 Å². The number of hydrogen-bond donors (Lipinski definition) is 2. The highest BCUT2D eigenvalue weighted by Gasteiger charge is 2.27. The zero-order chi connectivity index (χ0) is 23.4. The second-order valence-electron chi connectivity index (χ2n) is 7.15. The summed E-state index contributed by atoms with van der Waals surface area (Å²) in [4.78, 5) is -1.77. The molecule has 2 aromatic carbocycles. The molecule has 1 unspecified atom stereocenters. The van der Waals surface area contributed by atoms with E-state index < -0.39 is 52.5 Å². The van der Waals surface area contributed by atoms with Crippen LogP contribution in [0, 0.1) is 23.4 Å².